The molecule has 0 amide bonds. The molecule has 0 saturated carbocycles. The Balaban J connectivity index is 2.14. The first-order chi connectivity index (χ1) is 13.6. The Morgan fingerprint density at radius 1 is 0.964 bits per heavy atom. The number of hydrogen-bond donors (Lipinski definition) is 0. The summed E-state index contributed by atoms with van der Waals surface area (Å²) in [5, 5.41) is 0. The molecule has 2 aromatic carbocycles. The van der Waals surface area contributed by atoms with E-state index in [4.69, 9.17) is 23.7 Å². The van der Waals surface area contributed by atoms with Gasteiger partial charge >= 0.3 is 5.97 Å². The predicted octanol–water partition coefficient (Wildman–Crippen LogP) is 3.59. The molecule has 0 atom stereocenters. The molecule has 2 aromatic rings. The van der Waals surface area contributed by atoms with Gasteiger partial charge in [0.1, 0.15) is 36.1 Å². The third kappa shape index (κ3) is 5.99. The first-order valence-corrected chi connectivity index (χ1v) is 8.53. The molecule has 28 heavy (non-hydrogen) atoms. The number of halogens is 1. The van der Waals surface area contributed by atoms with Gasteiger partial charge in [-0.2, -0.15) is 0 Å². The summed E-state index contributed by atoms with van der Waals surface area (Å²) in [5.41, 5.74) is 1.12. The van der Waals surface area contributed by atoms with Crippen LogP contribution < -0.4 is 9.47 Å². The number of esters is 1. The van der Waals surface area contributed by atoms with Crippen LogP contribution in [0, 0.1) is 5.82 Å². The average molecular weight is 390 g/mol. The van der Waals surface area contributed by atoms with Gasteiger partial charge in [-0.25, -0.2) is 9.18 Å². The summed E-state index contributed by atoms with van der Waals surface area (Å²) in [6.07, 6.45) is 1.26. The molecule has 2 rings (SSSR count). The SMILES string of the molecule is CO/C=C(\C(=O)OC)c1ccc(F)cc1COc1ccc(OCCOC)cc1. The molecule has 0 aliphatic rings. The second kappa shape index (κ2) is 10.9. The van der Waals surface area contributed by atoms with Crippen LogP contribution in [0.2, 0.25) is 0 Å². The van der Waals surface area contributed by atoms with Crippen molar-refractivity contribution in [1.29, 1.82) is 0 Å². The van der Waals surface area contributed by atoms with Crippen LogP contribution in [0.1, 0.15) is 11.1 Å². The first kappa shape index (κ1) is 21.2. The number of ether oxygens (including phenoxy) is 5. The Bertz CT molecular complexity index is 801. The Labute approximate surface area is 163 Å². The van der Waals surface area contributed by atoms with Crippen molar-refractivity contribution in [3.05, 3.63) is 65.7 Å². The van der Waals surface area contributed by atoms with E-state index in [1.54, 1.807) is 31.4 Å². The molecule has 0 aliphatic heterocycles. The highest BCUT2D eigenvalue weighted by molar-refractivity contribution is 6.16. The van der Waals surface area contributed by atoms with Crippen molar-refractivity contribution in [1.82, 2.24) is 0 Å². The fourth-order valence-corrected chi connectivity index (χ4v) is 2.43. The van der Waals surface area contributed by atoms with Gasteiger partial charge in [0, 0.05) is 12.7 Å². The molecular weight excluding hydrogens is 367 g/mol. The zero-order valence-electron chi connectivity index (χ0n) is 16.1. The lowest BCUT2D eigenvalue weighted by atomic mass is 10.0. The van der Waals surface area contributed by atoms with Gasteiger partial charge < -0.3 is 23.7 Å². The third-order valence-corrected chi connectivity index (χ3v) is 3.77. The van der Waals surface area contributed by atoms with E-state index in [0.29, 0.717) is 35.8 Å². The van der Waals surface area contributed by atoms with Crippen LogP contribution in [0.25, 0.3) is 5.57 Å². The van der Waals surface area contributed by atoms with Crippen molar-refractivity contribution in [2.75, 3.05) is 34.5 Å². The molecule has 150 valence electrons. The summed E-state index contributed by atoms with van der Waals surface area (Å²) in [4.78, 5) is 12.0. The maximum Gasteiger partial charge on any atom is 0.341 e. The van der Waals surface area contributed by atoms with Crippen LogP contribution in [-0.2, 0) is 25.6 Å². The van der Waals surface area contributed by atoms with Crippen LogP contribution in [0.5, 0.6) is 11.5 Å². The van der Waals surface area contributed by atoms with E-state index in [2.05, 4.69) is 0 Å². The molecular formula is C21H23FO6. The molecule has 0 radical (unpaired) electrons. The van der Waals surface area contributed by atoms with Gasteiger partial charge in [-0.1, -0.05) is 6.07 Å². The van der Waals surface area contributed by atoms with Gasteiger partial charge in [-0.3, -0.25) is 0 Å². The van der Waals surface area contributed by atoms with Gasteiger partial charge in [0.2, 0.25) is 0 Å². The van der Waals surface area contributed by atoms with E-state index in [1.807, 2.05) is 0 Å². The second-order valence-electron chi connectivity index (χ2n) is 5.66. The average Bonchev–Trinajstić information content (AvgIpc) is 2.71. The van der Waals surface area contributed by atoms with Crippen molar-refractivity contribution >= 4 is 11.5 Å². The predicted molar refractivity (Wildman–Crippen MR) is 102 cm³/mol. The molecule has 6 nitrogen and oxygen atoms in total. The third-order valence-electron chi connectivity index (χ3n) is 3.77. The van der Waals surface area contributed by atoms with Crippen molar-refractivity contribution in [2.24, 2.45) is 0 Å². The summed E-state index contributed by atoms with van der Waals surface area (Å²) >= 11 is 0. The quantitative estimate of drug-likeness (QED) is 0.267. The molecule has 0 fully saturated rings. The standard InChI is InChI=1S/C21H23FO6/c1-24-10-11-27-17-5-7-18(8-6-17)28-13-15-12-16(22)4-9-19(15)20(14-25-2)21(23)26-3/h4-9,12,14H,10-11,13H2,1-3H3/b20-14-. The van der Waals surface area contributed by atoms with Crippen LogP contribution >= 0.6 is 0 Å². The normalized spacial score (nSPS) is 11.1. The molecule has 0 heterocycles. The summed E-state index contributed by atoms with van der Waals surface area (Å²) in [5.74, 6) is 0.231. The monoisotopic (exact) mass is 390 g/mol. The zero-order chi connectivity index (χ0) is 20.4. The highest BCUT2D eigenvalue weighted by Crippen LogP contribution is 2.24. The molecule has 7 heteroatoms. The maximum atomic E-state index is 13.8. The Kier molecular flexibility index (Phi) is 8.30. The number of carbonyl (C=O) groups excluding carboxylic acids is 1. The lowest BCUT2D eigenvalue weighted by molar-refractivity contribution is -0.133. The van der Waals surface area contributed by atoms with E-state index in [9.17, 15) is 9.18 Å². The first-order valence-electron chi connectivity index (χ1n) is 8.53. The number of carbonyl (C=O) groups is 1. The van der Waals surface area contributed by atoms with Crippen molar-refractivity contribution < 1.29 is 32.9 Å². The molecule has 0 aliphatic carbocycles. The summed E-state index contributed by atoms with van der Waals surface area (Å²) in [6, 6.07) is 11.1. The Hall–Kier alpha value is -3.06. The van der Waals surface area contributed by atoms with Gasteiger partial charge in [0.25, 0.3) is 0 Å². The molecule has 0 aromatic heterocycles. The lowest BCUT2D eigenvalue weighted by Crippen LogP contribution is -2.09. The Morgan fingerprint density at radius 3 is 2.25 bits per heavy atom. The van der Waals surface area contributed by atoms with Crippen LogP contribution in [-0.4, -0.2) is 40.5 Å². The molecule has 0 bridgehead atoms. The van der Waals surface area contributed by atoms with Crippen molar-refractivity contribution in [3.8, 4) is 11.5 Å². The van der Waals surface area contributed by atoms with Crippen LogP contribution in [0.15, 0.2) is 48.7 Å². The zero-order valence-corrected chi connectivity index (χ0v) is 16.1. The van der Waals surface area contributed by atoms with Crippen molar-refractivity contribution in [3.63, 3.8) is 0 Å². The number of hydrogen-bond acceptors (Lipinski definition) is 6. The Morgan fingerprint density at radius 2 is 1.64 bits per heavy atom. The van der Waals surface area contributed by atoms with E-state index in [1.165, 1.54) is 38.7 Å². The van der Waals surface area contributed by atoms with Crippen LogP contribution in [0.4, 0.5) is 4.39 Å². The minimum absolute atomic E-state index is 0.0506. The summed E-state index contributed by atoms with van der Waals surface area (Å²) in [7, 11) is 4.29. The highest BCUT2D eigenvalue weighted by Gasteiger charge is 2.18. The summed E-state index contributed by atoms with van der Waals surface area (Å²) in [6.45, 7) is 0.999. The molecule has 0 spiro atoms. The number of rotatable bonds is 10. The highest BCUT2D eigenvalue weighted by atomic mass is 19.1. The molecule has 0 unspecified atom stereocenters. The number of benzene rings is 2. The van der Waals surface area contributed by atoms with Gasteiger partial charge in [-0.05, 0) is 42.0 Å². The van der Waals surface area contributed by atoms with E-state index in [-0.39, 0.29) is 12.2 Å². The lowest BCUT2D eigenvalue weighted by Gasteiger charge is -2.13. The molecule has 0 N–H and O–H groups in total. The fourth-order valence-electron chi connectivity index (χ4n) is 2.43. The smallest absolute Gasteiger partial charge is 0.341 e. The maximum absolute atomic E-state index is 13.8. The topological polar surface area (TPSA) is 63.2 Å². The minimum Gasteiger partial charge on any atom is -0.503 e. The fraction of sp³-hybridized carbons (Fsp3) is 0.286. The van der Waals surface area contributed by atoms with Gasteiger partial charge in [-0.15, -0.1) is 0 Å². The minimum atomic E-state index is -0.590. The van der Waals surface area contributed by atoms with Gasteiger partial charge in [0.05, 0.1) is 27.1 Å². The number of methoxy groups -OCH3 is 3. The van der Waals surface area contributed by atoms with E-state index < -0.39 is 11.8 Å². The van der Waals surface area contributed by atoms with Crippen LogP contribution in [0.3, 0.4) is 0 Å². The summed E-state index contributed by atoms with van der Waals surface area (Å²) < 4.78 is 39.7. The second-order valence-corrected chi connectivity index (χ2v) is 5.66. The van der Waals surface area contributed by atoms with E-state index in [0.717, 1.165) is 0 Å². The molecule has 0 saturated heterocycles. The van der Waals surface area contributed by atoms with Gasteiger partial charge in [0.15, 0.2) is 0 Å². The largest absolute Gasteiger partial charge is 0.503 e. The van der Waals surface area contributed by atoms with E-state index >= 15 is 0 Å². The van der Waals surface area contributed by atoms with Crippen molar-refractivity contribution in [2.45, 2.75) is 6.61 Å².